The molecule has 0 fully saturated rings. The van der Waals surface area contributed by atoms with E-state index in [4.69, 9.17) is 5.26 Å². The normalized spacial score (nSPS) is 12.8. The van der Waals surface area contributed by atoms with Crippen LogP contribution in [0.4, 0.5) is 0 Å². The van der Waals surface area contributed by atoms with E-state index in [1.165, 1.54) is 38.1 Å². The van der Waals surface area contributed by atoms with Crippen LogP contribution < -0.4 is 4.72 Å². The molecule has 0 aliphatic heterocycles. The molecule has 0 amide bonds. The molecule has 0 heterocycles. The molecular weight excluding hydrogens is 240 g/mol. The van der Waals surface area contributed by atoms with Crippen LogP contribution in [-0.4, -0.2) is 20.2 Å². The van der Waals surface area contributed by atoms with E-state index in [1.807, 2.05) is 0 Å². The van der Waals surface area contributed by atoms with Crippen molar-refractivity contribution in [3.05, 3.63) is 29.8 Å². The van der Waals surface area contributed by atoms with Gasteiger partial charge < -0.3 is 0 Å². The molecule has 0 radical (unpaired) electrons. The van der Waals surface area contributed by atoms with Crippen molar-refractivity contribution in [3.8, 4) is 6.07 Å². The Bertz CT molecular complexity index is 573. The van der Waals surface area contributed by atoms with E-state index in [-0.39, 0.29) is 10.7 Å². The summed E-state index contributed by atoms with van der Waals surface area (Å²) in [7, 11) is -3.75. The fourth-order valence-electron chi connectivity index (χ4n) is 1.21. The topological polar surface area (TPSA) is 87.0 Å². The van der Waals surface area contributed by atoms with Crippen molar-refractivity contribution in [2.45, 2.75) is 24.8 Å². The molecule has 1 atom stereocenters. The third-order valence-electron chi connectivity index (χ3n) is 2.08. The number of ketones is 1. The Kier molecular flexibility index (Phi) is 3.99. The lowest BCUT2D eigenvalue weighted by Crippen LogP contribution is -2.31. The molecule has 5 nitrogen and oxygen atoms in total. The highest BCUT2D eigenvalue weighted by Gasteiger charge is 2.17. The SMILES string of the molecule is CC(=O)c1cccc(S(=O)(=O)NC(C)C#N)c1. The highest BCUT2D eigenvalue weighted by molar-refractivity contribution is 7.89. The third-order valence-corrected chi connectivity index (χ3v) is 3.61. The molecule has 6 heteroatoms. The van der Waals surface area contributed by atoms with Crippen LogP contribution in [0.15, 0.2) is 29.2 Å². The van der Waals surface area contributed by atoms with E-state index in [0.29, 0.717) is 5.56 Å². The summed E-state index contributed by atoms with van der Waals surface area (Å²) in [5.41, 5.74) is 0.317. The number of nitrogens with zero attached hydrogens (tertiary/aromatic N) is 1. The van der Waals surface area contributed by atoms with Gasteiger partial charge in [0.15, 0.2) is 5.78 Å². The predicted octanol–water partition coefficient (Wildman–Crippen LogP) is 1.08. The van der Waals surface area contributed by atoms with E-state index in [2.05, 4.69) is 4.72 Å². The lowest BCUT2D eigenvalue weighted by molar-refractivity contribution is 0.101. The minimum atomic E-state index is -3.75. The Hall–Kier alpha value is -1.71. The minimum absolute atomic E-state index is 0.0210. The second-order valence-corrected chi connectivity index (χ2v) is 5.27. The predicted molar refractivity (Wildman–Crippen MR) is 61.8 cm³/mol. The molecule has 0 aromatic heterocycles. The molecule has 90 valence electrons. The van der Waals surface area contributed by atoms with Crippen molar-refractivity contribution >= 4 is 15.8 Å². The van der Waals surface area contributed by atoms with E-state index in [1.54, 1.807) is 6.07 Å². The van der Waals surface area contributed by atoms with Gasteiger partial charge in [-0.2, -0.15) is 9.98 Å². The van der Waals surface area contributed by atoms with Gasteiger partial charge in [0.25, 0.3) is 0 Å². The number of rotatable bonds is 4. The third kappa shape index (κ3) is 3.37. The highest BCUT2D eigenvalue weighted by Crippen LogP contribution is 2.12. The minimum Gasteiger partial charge on any atom is -0.295 e. The van der Waals surface area contributed by atoms with E-state index >= 15 is 0 Å². The number of nitrogens with one attached hydrogen (secondary N) is 1. The molecule has 0 bridgehead atoms. The zero-order valence-electron chi connectivity index (χ0n) is 9.47. The Morgan fingerprint density at radius 1 is 1.47 bits per heavy atom. The lowest BCUT2D eigenvalue weighted by Gasteiger charge is -2.08. The van der Waals surface area contributed by atoms with Crippen molar-refractivity contribution in [1.29, 1.82) is 5.26 Å². The lowest BCUT2D eigenvalue weighted by atomic mass is 10.2. The zero-order chi connectivity index (χ0) is 13.1. The number of sulfonamides is 1. The molecule has 0 aliphatic rings. The van der Waals surface area contributed by atoms with Gasteiger partial charge in [0, 0.05) is 5.56 Å². The number of nitriles is 1. The molecule has 1 aromatic carbocycles. The summed E-state index contributed by atoms with van der Waals surface area (Å²) in [4.78, 5) is 11.1. The number of hydrogen-bond acceptors (Lipinski definition) is 4. The summed E-state index contributed by atoms with van der Waals surface area (Å²) in [6, 6.07) is 6.64. The van der Waals surface area contributed by atoms with Crippen LogP contribution in [0.5, 0.6) is 0 Å². The quantitative estimate of drug-likeness (QED) is 0.812. The van der Waals surface area contributed by atoms with Gasteiger partial charge in [0.2, 0.25) is 10.0 Å². The van der Waals surface area contributed by atoms with Crippen molar-refractivity contribution in [2.75, 3.05) is 0 Å². The average molecular weight is 252 g/mol. The standard InChI is InChI=1S/C11H12N2O3S/c1-8(7-12)13-17(15,16)11-5-3-4-10(6-11)9(2)14/h3-6,8,13H,1-2H3. The maximum absolute atomic E-state index is 11.8. The fraction of sp³-hybridized carbons (Fsp3) is 0.273. The van der Waals surface area contributed by atoms with E-state index < -0.39 is 16.1 Å². The molecule has 0 saturated carbocycles. The smallest absolute Gasteiger partial charge is 0.241 e. The summed E-state index contributed by atoms with van der Waals surface area (Å²) in [5, 5.41) is 8.56. The summed E-state index contributed by atoms with van der Waals surface area (Å²) < 4.78 is 25.8. The van der Waals surface area contributed by atoms with Crippen LogP contribution >= 0.6 is 0 Å². The Morgan fingerprint density at radius 2 is 2.12 bits per heavy atom. The van der Waals surface area contributed by atoms with Crippen LogP contribution in [0.1, 0.15) is 24.2 Å². The number of carbonyl (C=O) groups is 1. The van der Waals surface area contributed by atoms with Gasteiger partial charge in [0.1, 0.15) is 6.04 Å². The number of benzene rings is 1. The van der Waals surface area contributed by atoms with Gasteiger partial charge in [-0.1, -0.05) is 12.1 Å². The van der Waals surface area contributed by atoms with Gasteiger partial charge in [0.05, 0.1) is 11.0 Å². The molecule has 1 rings (SSSR count). The maximum atomic E-state index is 11.8. The first-order valence-corrected chi connectivity index (χ1v) is 6.38. The second-order valence-electron chi connectivity index (χ2n) is 3.56. The van der Waals surface area contributed by atoms with Gasteiger partial charge in [-0.3, -0.25) is 4.79 Å². The van der Waals surface area contributed by atoms with Crippen LogP contribution in [-0.2, 0) is 10.0 Å². The van der Waals surface area contributed by atoms with E-state index in [9.17, 15) is 13.2 Å². The number of carbonyl (C=O) groups excluding carboxylic acids is 1. The summed E-state index contributed by atoms with van der Waals surface area (Å²) in [6.07, 6.45) is 0. The molecule has 0 aliphatic carbocycles. The summed E-state index contributed by atoms with van der Waals surface area (Å²) in [6.45, 7) is 2.80. The summed E-state index contributed by atoms with van der Waals surface area (Å²) >= 11 is 0. The molecule has 1 unspecified atom stereocenters. The van der Waals surface area contributed by atoms with Crippen LogP contribution in [0, 0.1) is 11.3 Å². The molecule has 1 aromatic rings. The van der Waals surface area contributed by atoms with Gasteiger partial charge in [-0.25, -0.2) is 8.42 Å². The summed E-state index contributed by atoms with van der Waals surface area (Å²) in [5.74, 6) is -0.213. The molecule has 1 N–H and O–H groups in total. The molecule has 0 saturated heterocycles. The Morgan fingerprint density at radius 3 is 2.65 bits per heavy atom. The van der Waals surface area contributed by atoms with Gasteiger partial charge >= 0.3 is 0 Å². The van der Waals surface area contributed by atoms with Crippen LogP contribution in [0.25, 0.3) is 0 Å². The Labute approximate surface area is 100 Å². The van der Waals surface area contributed by atoms with Crippen molar-refractivity contribution in [1.82, 2.24) is 4.72 Å². The largest absolute Gasteiger partial charge is 0.295 e. The zero-order valence-corrected chi connectivity index (χ0v) is 10.3. The highest BCUT2D eigenvalue weighted by atomic mass is 32.2. The maximum Gasteiger partial charge on any atom is 0.241 e. The van der Waals surface area contributed by atoms with Gasteiger partial charge in [-0.15, -0.1) is 0 Å². The van der Waals surface area contributed by atoms with Gasteiger partial charge in [-0.05, 0) is 26.0 Å². The number of hydrogen-bond donors (Lipinski definition) is 1. The molecule has 17 heavy (non-hydrogen) atoms. The molecular formula is C11H12N2O3S. The number of Topliss-reactive ketones (excluding diaryl/α,β-unsaturated/α-hetero) is 1. The first-order valence-electron chi connectivity index (χ1n) is 4.90. The first-order chi connectivity index (χ1) is 7.86. The van der Waals surface area contributed by atoms with Crippen LogP contribution in [0.2, 0.25) is 0 Å². The monoisotopic (exact) mass is 252 g/mol. The average Bonchev–Trinajstić information content (AvgIpc) is 2.28. The second kappa shape index (κ2) is 5.08. The van der Waals surface area contributed by atoms with Crippen LogP contribution in [0.3, 0.4) is 0 Å². The first kappa shape index (κ1) is 13.4. The Balaban J connectivity index is 3.12. The van der Waals surface area contributed by atoms with Crippen molar-refractivity contribution in [3.63, 3.8) is 0 Å². The molecule has 0 spiro atoms. The fourth-order valence-corrected chi connectivity index (χ4v) is 2.40. The van der Waals surface area contributed by atoms with Crippen molar-refractivity contribution < 1.29 is 13.2 Å². The van der Waals surface area contributed by atoms with E-state index in [0.717, 1.165) is 0 Å². The van der Waals surface area contributed by atoms with Crippen molar-refractivity contribution in [2.24, 2.45) is 0 Å².